The number of nitrogens with zero attached hydrogens (tertiary/aromatic N) is 1. The van der Waals surface area contributed by atoms with Crippen molar-refractivity contribution in [2.75, 3.05) is 14.1 Å². The molecule has 0 saturated carbocycles. The molecule has 1 atom stereocenters. The first-order chi connectivity index (χ1) is 8.50. The molecule has 0 aromatic heterocycles. The van der Waals surface area contributed by atoms with E-state index < -0.39 is 0 Å². The Bertz CT molecular complexity index is 249. The molecule has 1 amide bonds. The Morgan fingerprint density at radius 1 is 1.11 bits per heavy atom. The van der Waals surface area contributed by atoms with Gasteiger partial charge in [-0.05, 0) is 20.5 Å². The molecule has 0 radical (unpaired) electrons. The van der Waals surface area contributed by atoms with Crippen molar-refractivity contribution in [1.82, 2.24) is 4.90 Å². The zero-order valence-electron chi connectivity index (χ0n) is 12.4. The van der Waals surface area contributed by atoms with Crippen LogP contribution in [0.4, 0.5) is 0 Å². The highest BCUT2D eigenvalue weighted by atomic mass is 16.1. The van der Waals surface area contributed by atoms with Crippen molar-refractivity contribution in [2.24, 2.45) is 5.73 Å². The van der Waals surface area contributed by atoms with Crippen molar-refractivity contribution in [3.8, 4) is 0 Å². The monoisotopic (exact) mass is 254 g/mol. The molecule has 0 bridgehead atoms. The van der Waals surface area contributed by atoms with Gasteiger partial charge >= 0.3 is 0 Å². The number of hydrogen-bond donors (Lipinski definition) is 1. The molecule has 3 heteroatoms. The van der Waals surface area contributed by atoms with E-state index in [1.807, 2.05) is 19.0 Å². The molecule has 0 fully saturated rings. The van der Waals surface area contributed by atoms with Crippen LogP contribution in [0, 0.1) is 0 Å². The van der Waals surface area contributed by atoms with Crippen LogP contribution in [0.5, 0.6) is 0 Å². The van der Waals surface area contributed by atoms with E-state index in [2.05, 4.69) is 13.5 Å². The van der Waals surface area contributed by atoms with Crippen molar-refractivity contribution < 1.29 is 4.79 Å². The van der Waals surface area contributed by atoms with Crippen molar-refractivity contribution in [1.29, 1.82) is 0 Å². The number of primary amides is 1. The summed E-state index contributed by atoms with van der Waals surface area (Å²) in [6, 6.07) is 0.0955. The van der Waals surface area contributed by atoms with Gasteiger partial charge in [0.2, 0.25) is 5.91 Å². The number of hydrogen-bond acceptors (Lipinski definition) is 2. The fourth-order valence-corrected chi connectivity index (χ4v) is 2.20. The number of nitrogens with two attached hydrogens (primary N) is 1. The molecule has 0 aliphatic heterocycles. The maximum absolute atomic E-state index is 11.1. The van der Waals surface area contributed by atoms with Gasteiger partial charge in [0.25, 0.3) is 0 Å². The molecule has 0 rings (SSSR count). The molecule has 0 saturated heterocycles. The summed E-state index contributed by atoms with van der Waals surface area (Å²) in [6.45, 7) is 6.03. The quantitative estimate of drug-likeness (QED) is 0.455. The molecule has 0 aromatic rings. The van der Waals surface area contributed by atoms with Crippen LogP contribution in [0.3, 0.4) is 0 Å². The van der Waals surface area contributed by atoms with Gasteiger partial charge in [-0.25, -0.2) is 0 Å². The van der Waals surface area contributed by atoms with E-state index in [1.165, 1.54) is 38.5 Å². The van der Waals surface area contributed by atoms with Crippen LogP contribution in [-0.2, 0) is 4.79 Å². The second-order valence-electron chi connectivity index (χ2n) is 5.28. The molecule has 0 aliphatic rings. The smallest absolute Gasteiger partial charge is 0.245 e. The zero-order chi connectivity index (χ0) is 14.0. The van der Waals surface area contributed by atoms with Crippen molar-refractivity contribution >= 4 is 5.91 Å². The predicted octanol–water partition coefficient (Wildman–Crippen LogP) is 3.10. The molecule has 2 N–H and O–H groups in total. The van der Waals surface area contributed by atoms with Gasteiger partial charge in [0.05, 0.1) is 0 Å². The summed E-state index contributed by atoms with van der Waals surface area (Å²) < 4.78 is 0. The molecule has 0 spiro atoms. The van der Waals surface area contributed by atoms with E-state index in [-0.39, 0.29) is 11.9 Å². The molecule has 106 valence electrons. The van der Waals surface area contributed by atoms with Crippen LogP contribution in [0.25, 0.3) is 0 Å². The average molecular weight is 254 g/mol. The summed E-state index contributed by atoms with van der Waals surface area (Å²) >= 11 is 0. The highest BCUT2D eigenvalue weighted by Crippen LogP contribution is 2.15. The van der Waals surface area contributed by atoms with Crippen LogP contribution in [-0.4, -0.2) is 30.9 Å². The molecule has 18 heavy (non-hydrogen) atoms. The standard InChI is InChI=1S/C15H30N2O/c1-5-6-7-8-9-10-11-12-14(17(3)4)13(2)15(16)18/h14H,2,5-12H2,1,3-4H3,(H2,16,18). The lowest BCUT2D eigenvalue weighted by molar-refractivity contribution is -0.115. The van der Waals surface area contributed by atoms with Crippen LogP contribution in [0.2, 0.25) is 0 Å². The van der Waals surface area contributed by atoms with Gasteiger partial charge in [0.15, 0.2) is 0 Å². The normalized spacial score (nSPS) is 12.7. The minimum absolute atomic E-state index is 0.0955. The van der Waals surface area contributed by atoms with E-state index in [1.54, 1.807) is 0 Å². The second-order valence-corrected chi connectivity index (χ2v) is 5.28. The van der Waals surface area contributed by atoms with Crippen LogP contribution in [0.1, 0.15) is 58.3 Å². The van der Waals surface area contributed by atoms with Gasteiger partial charge in [0, 0.05) is 11.6 Å². The number of carbonyl (C=O) groups is 1. The number of likely N-dealkylation sites (N-methyl/N-ethyl adjacent to an activating group) is 1. The lowest BCUT2D eigenvalue weighted by Crippen LogP contribution is -2.35. The second kappa shape index (κ2) is 10.1. The van der Waals surface area contributed by atoms with E-state index >= 15 is 0 Å². The minimum atomic E-state index is -0.378. The number of unbranched alkanes of at least 4 members (excludes halogenated alkanes) is 6. The highest BCUT2D eigenvalue weighted by Gasteiger charge is 2.18. The molecule has 0 aromatic carbocycles. The van der Waals surface area contributed by atoms with E-state index in [0.29, 0.717) is 5.57 Å². The first kappa shape index (κ1) is 17.2. The summed E-state index contributed by atoms with van der Waals surface area (Å²) in [4.78, 5) is 13.2. The maximum atomic E-state index is 11.1. The minimum Gasteiger partial charge on any atom is -0.366 e. The van der Waals surface area contributed by atoms with Gasteiger partial charge in [-0.1, -0.05) is 58.4 Å². The van der Waals surface area contributed by atoms with E-state index in [0.717, 1.165) is 12.8 Å². The van der Waals surface area contributed by atoms with Gasteiger partial charge in [0.1, 0.15) is 0 Å². The Labute approximate surface area is 112 Å². The van der Waals surface area contributed by atoms with Gasteiger partial charge in [-0.2, -0.15) is 0 Å². The SMILES string of the molecule is C=C(C(N)=O)C(CCCCCCCCC)N(C)C. The van der Waals surface area contributed by atoms with Crippen molar-refractivity contribution in [3.63, 3.8) is 0 Å². The maximum Gasteiger partial charge on any atom is 0.245 e. The Morgan fingerprint density at radius 3 is 2.06 bits per heavy atom. The molecular weight excluding hydrogens is 224 g/mol. The third kappa shape index (κ3) is 7.49. The summed E-state index contributed by atoms with van der Waals surface area (Å²) in [5, 5.41) is 0. The molecule has 0 heterocycles. The topological polar surface area (TPSA) is 46.3 Å². The fraction of sp³-hybridized carbons (Fsp3) is 0.800. The lowest BCUT2D eigenvalue weighted by atomic mass is 9.99. The van der Waals surface area contributed by atoms with Gasteiger partial charge in [-0.15, -0.1) is 0 Å². The van der Waals surface area contributed by atoms with Crippen LogP contribution < -0.4 is 5.73 Å². The summed E-state index contributed by atoms with van der Waals surface area (Å²) in [5.41, 5.74) is 5.83. The summed E-state index contributed by atoms with van der Waals surface area (Å²) in [6.07, 6.45) is 9.96. The number of carbonyl (C=O) groups excluding carboxylic acids is 1. The first-order valence-electron chi connectivity index (χ1n) is 7.15. The molecule has 3 nitrogen and oxygen atoms in total. The largest absolute Gasteiger partial charge is 0.366 e. The Morgan fingerprint density at radius 2 is 1.61 bits per heavy atom. The number of amides is 1. The Kier molecular flexibility index (Phi) is 9.66. The van der Waals surface area contributed by atoms with E-state index in [4.69, 9.17) is 5.73 Å². The van der Waals surface area contributed by atoms with E-state index in [9.17, 15) is 4.79 Å². The first-order valence-corrected chi connectivity index (χ1v) is 7.15. The van der Waals surface area contributed by atoms with Crippen molar-refractivity contribution in [3.05, 3.63) is 12.2 Å². The predicted molar refractivity (Wildman–Crippen MR) is 78.4 cm³/mol. The molecule has 0 aliphatic carbocycles. The third-order valence-corrected chi connectivity index (χ3v) is 3.42. The summed E-state index contributed by atoms with van der Waals surface area (Å²) in [5.74, 6) is -0.378. The molecular formula is C15H30N2O. The van der Waals surface area contributed by atoms with Crippen LogP contribution in [0.15, 0.2) is 12.2 Å². The van der Waals surface area contributed by atoms with Crippen molar-refractivity contribution in [2.45, 2.75) is 64.3 Å². The third-order valence-electron chi connectivity index (χ3n) is 3.42. The lowest BCUT2D eigenvalue weighted by Gasteiger charge is -2.24. The van der Waals surface area contributed by atoms with Crippen LogP contribution >= 0.6 is 0 Å². The fourth-order valence-electron chi connectivity index (χ4n) is 2.20. The zero-order valence-corrected chi connectivity index (χ0v) is 12.4. The number of rotatable bonds is 11. The summed E-state index contributed by atoms with van der Waals surface area (Å²) in [7, 11) is 3.94. The highest BCUT2D eigenvalue weighted by molar-refractivity contribution is 5.92. The Hall–Kier alpha value is -0.830. The molecule has 1 unspecified atom stereocenters. The average Bonchev–Trinajstić information content (AvgIpc) is 2.31. The Balaban J connectivity index is 3.79. The van der Waals surface area contributed by atoms with Gasteiger partial charge < -0.3 is 10.6 Å². The van der Waals surface area contributed by atoms with Gasteiger partial charge in [-0.3, -0.25) is 4.79 Å².